The van der Waals surface area contributed by atoms with Crippen LogP contribution in [0.5, 0.6) is 11.5 Å². The van der Waals surface area contributed by atoms with Gasteiger partial charge in [0, 0.05) is 24.1 Å². The van der Waals surface area contributed by atoms with Crippen molar-refractivity contribution in [1.29, 1.82) is 0 Å². The maximum Gasteiger partial charge on any atom is 0.231 e. The highest BCUT2D eigenvalue weighted by atomic mass is 32.2. The molecule has 118 valence electrons. The summed E-state index contributed by atoms with van der Waals surface area (Å²) in [4.78, 5) is 2.22. The summed E-state index contributed by atoms with van der Waals surface area (Å²) in [5.74, 6) is 3.96. The molecule has 0 aromatic heterocycles. The third-order valence-electron chi connectivity index (χ3n) is 3.41. The first kappa shape index (κ1) is 16.5. The molecule has 0 amide bonds. The molecule has 0 radical (unpaired) electrons. The average molecular weight is 310 g/mol. The highest BCUT2D eigenvalue weighted by molar-refractivity contribution is 7.99. The van der Waals surface area contributed by atoms with Gasteiger partial charge >= 0.3 is 0 Å². The van der Waals surface area contributed by atoms with Gasteiger partial charge in [-0.1, -0.05) is 13.0 Å². The lowest BCUT2D eigenvalue weighted by atomic mass is 10.1. The van der Waals surface area contributed by atoms with Gasteiger partial charge in [-0.2, -0.15) is 11.8 Å². The Labute approximate surface area is 132 Å². The Balaban J connectivity index is 1.94. The number of ether oxygens (including phenoxy) is 2. The van der Waals surface area contributed by atoms with E-state index < -0.39 is 0 Å². The molecule has 1 aromatic rings. The fraction of sp³-hybridized carbons (Fsp3) is 0.625. The molecule has 1 aromatic carbocycles. The molecule has 1 unspecified atom stereocenters. The highest BCUT2D eigenvalue weighted by Gasteiger charge is 2.17. The topological polar surface area (TPSA) is 33.7 Å². The van der Waals surface area contributed by atoms with Crippen molar-refractivity contribution in [3.8, 4) is 11.5 Å². The Morgan fingerprint density at radius 1 is 1.29 bits per heavy atom. The van der Waals surface area contributed by atoms with Crippen LogP contribution in [0.25, 0.3) is 0 Å². The fourth-order valence-corrected chi connectivity index (χ4v) is 3.38. The Bertz CT molecular complexity index is 440. The summed E-state index contributed by atoms with van der Waals surface area (Å²) >= 11 is 1.99. The van der Waals surface area contributed by atoms with E-state index in [1.807, 2.05) is 17.8 Å². The first-order valence-corrected chi connectivity index (χ1v) is 8.71. The van der Waals surface area contributed by atoms with Crippen molar-refractivity contribution >= 4 is 11.8 Å². The number of nitrogens with zero attached hydrogens (tertiary/aromatic N) is 1. The molecule has 5 heteroatoms. The van der Waals surface area contributed by atoms with E-state index in [9.17, 15) is 0 Å². The Morgan fingerprint density at radius 2 is 2.10 bits per heavy atom. The van der Waals surface area contributed by atoms with E-state index in [4.69, 9.17) is 9.47 Å². The number of hydrogen-bond acceptors (Lipinski definition) is 5. The predicted octanol–water partition coefficient (Wildman–Crippen LogP) is 2.75. The minimum Gasteiger partial charge on any atom is -0.454 e. The zero-order chi connectivity index (χ0) is 15.1. The van der Waals surface area contributed by atoms with Crippen LogP contribution in [0.4, 0.5) is 0 Å². The third-order valence-corrected chi connectivity index (χ3v) is 4.45. The summed E-state index contributed by atoms with van der Waals surface area (Å²) in [6.45, 7) is 4.69. The standard InChI is InChI=1S/C16H26N2O2S/c1-4-7-17-14(11-21-9-8-18(2)3)13-5-6-15-16(10-13)20-12-19-15/h5-6,10,14,17H,4,7-9,11-12H2,1-3H3. The van der Waals surface area contributed by atoms with E-state index >= 15 is 0 Å². The SMILES string of the molecule is CCCNC(CSCCN(C)C)c1ccc2c(c1)OCO2. The van der Waals surface area contributed by atoms with Gasteiger partial charge in [-0.15, -0.1) is 0 Å². The lowest BCUT2D eigenvalue weighted by molar-refractivity contribution is 0.174. The van der Waals surface area contributed by atoms with Crippen molar-refractivity contribution in [2.75, 3.05) is 45.5 Å². The van der Waals surface area contributed by atoms with Crippen LogP contribution in [0.2, 0.25) is 0 Å². The number of rotatable bonds is 9. The van der Waals surface area contributed by atoms with Gasteiger partial charge in [-0.3, -0.25) is 0 Å². The van der Waals surface area contributed by atoms with E-state index in [2.05, 4.69) is 43.4 Å². The number of thioether (sulfide) groups is 1. The number of fused-ring (bicyclic) bond motifs is 1. The van der Waals surface area contributed by atoms with E-state index in [0.717, 1.165) is 42.5 Å². The van der Waals surface area contributed by atoms with Gasteiger partial charge in [0.15, 0.2) is 11.5 Å². The smallest absolute Gasteiger partial charge is 0.231 e. The van der Waals surface area contributed by atoms with Crippen LogP contribution < -0.4 is 14.8 Å². The molecule has 0 fully saturated rings. The molecule has 1 atom stereocenters. The zero-order valence-corrected chi connectivity index (χ0v) is 14.0. The van der Waals surface area contributed by atoms with E-state index in [0.29, 0.717) is 12.8 Å². The van der Waals surface area contributed by atoms with Crippen molar-refractivity contribution in [3.05, 3.63) is 23.8 Å². The molecule has 0 aliphatic carbocycles. The van der Waals surface area contributed by atoms with Crippen LogP contribution in [0.1, 0.15) is 24.9 Å². The van der Waals surface area contributed by atoms with Gasteiger partial charge in [0.25, 0.3) is 0 Å². The molecule has 0 spiro atoms. The summed E-state index contributed by atoms with van der Waals surface area (Å²) in [5.41, 5.74) is 1.28. The van der Waals surface area contributed by atoms with Crippen molar-refractivity contribution in [1.82, 2.24) is 10.2 Å². The van der Waals surface area contributed by atoms with Crippen molar-refractivity contribution in [2.24, 2.45) is 0 Å². The van der Waals surface area contributed by atoms with Gasteiger partial charge in [0.1, 0.15) is 0 Å². The van der Waals surface area contributed by atoms with Crippen molar-refractivity contribution in [3.63, 3.8) is 0 Å². The van der Waals surface area contributed by atoms with Gasteiger partial charge in [-0.05, 0) is 44.8 Å². The molecule has 0 bridgehead atoms. The second-order valence-electron chi connectivity index (χ2n) is 5.50. The van der Waals surface area contributed by atoms with Crippen LogP contribution in [-0.4, -0.2) is 50.4 Å². The molecule has 1 heterocycles. The van der Waals surface area contributed by atoms with Crippen molar-refractivity contribution in [2.45, 2.75) is 19.4 Å². The Morgan fingerprint density at radius 3 is 2.86 bits per heavy atom. The third kappa shape index (κ3) is 5.09. The molecule has 0 saturated heterocycles. The highest BCUT2D eigenvalue weighted by Crippen LogP contribution is 2.34. The lowest BCUT2D eigenvalue weighted by Gasteiger charge is -2.19. The minimum absolute atomic E-state index is 0.337. The predicted molar refractivity (Wildman–Crippen MR) is 89.5 cm³/mol. The monoisotopic (exact) mass is 310 g/mol. The second-order valence-corrected chi connectivity index (χ2v) is 6.65. The Hall–Kier alpha value is -0.910. The van der Waals surface area contributed by atoms with E-state index in [1.165, 1.54) is 5.56 Å². The van der Waals surface area contributed by atoms with Crippen LogP contribution in [0.15, 0.2) is 18.2 Å². The summed E-state index contributed by atoms with van der Waals surface area (Å²) in [6.07, 6.45) is 1.14. The maximum atomic E-state index is 5.49. The van der Waals surface area contributed by atoms with Crippen LogP contribution in [0, 0.1) is 0 Å². The van der Waals surface area contributed by atoms with Gasteiger partial charge < -0.3 is 19.7 Å². The van der Waals surface area contributed by atoms with Crippen LogP contribution in [-0.2, 0) is 0 Å². The second kappa shape index (κ2) is 8.51. The first-order valence-electron chi connectivity index (χ1n) is 7.56. The molecule has 4 nitrogen and oxygen atoms in total. The summed E-state index contributed by atoms with van der Waals surface area (Å²) in [5, 5.41) is 3.63. The average Bonchev–Trinajstić information content (AvgIpc) is 2.93. The number of benzene rings is 1. The number of hydrogen-bond donors (Lipinski definition) is 1. The van der Waals surface area contributed by atoms with Gasteiger partial charge in [0.05, 0.1) is 0 Å². The molecule has 1 N–H and O–H groups in total. The Kier molecular flexibility index (Phi) is 6.67. The molecular weight excluding hydrogens is 284 g/mol. The molecule has 21 heavy (non-hydrogen) atoms. The van der Waals surface area contributed by atoms with Crippen LogP contribution >= 0.6 is 11.8 Å². The first-order chi connectivity index (χ1) is 10.2. The molecule has 0 saturated carbocycles. The maximum absolute atomic E-state index is 5.49. The van der Waals surface area contributed by atoms with E-state index in [-0.39, 0.29) is 0 Å². The lowest BCUT2D eigenvalue weighted by Crippen LogP contribution is -2.25. The summed E-state index contributed by atoms with van der Waals surface area (Å²) < 4.78 is 10.9. The molecular formula is C16H26N2O2S. The zero-order valence-electron chi connectivity index (χ0n) is 13.2. The van der Waals surface area contributed by atoms with E-state index in [1.54, 1.807) is 0 Å². The van der Waals surface area contributed by atoms with Gasteiger partial charge in [0.2, 0.25) is 6.79 Å². The molecule has 1 aliphatic heterocycles. The van der Waals surface area contributed by atoms with Crippen molar-refractivity contribution < 1.29 is 9.47 Å². The largest absolute Gasteiger partial charge is 0.454 e. The molecule has 2 rings (SSSR count). The summed E-state index contributed by atoms with van der Waals surface area (Å²) in [7, 11) is 4.23. The van der Waals surface area contributed by atoms with Crippen LogP contribution in [0.3, 0.4) is 0 Å². The quantitative estimate of drug-likeness (QED) is 0.709. The fourth-order valence-electron chi connectivity index (χ4n) is 2.17. The normalized spacial score (nSPS) is 14.7. The number of nitrogens with one attached hydrogen (secondary N) is 1. The summed E-state index contributed by atoms with van der Waals surface area (Å²) in [6, 6.07) is 6.64. The molecule has 1 aliphatic rings. The van der Waals surface area contributed by atoms with Gasteiger partial charge in [-0.25, -0.2) is 0 Å². The minimum atomic E-state index is 0.337.